The first kappa shape index (κ1) is 22.6. The molecular weight excluding hydrogens is 462 g/mol. The fraction of sp³-hybridized carbons (Fsp3) is 0.227. The summed E-state index contributed by atoms with van der Waals surface area (Å²) in [6.07, 6.45) is 1.70. The molecule has 1 aliphatic rings. The molecule has 0 bridgehead atoms. The number of aromatic nitrogens is 3. The van der Waals surface area contributed by atoms with E-state index in [9.17, 15) is 4.79 Å². The number of rotatable bonds is 8. The molecule has 2 aromatic heterocycles. The van der Waals surface area contributed by atoms with Crippen LogP contribution in [-0.4, -0.2) is 52.6 Å². The number of thiophene rings is 1. The Morgan fingerprint density at radius 2 is 2.18 bits per heavy atom. The maximum absolute atomic E-state index is 12.9. The van der Waals surface area contributed by atoms with Gasteiger partial charge >= 0.3 is 5.97 Å². The Balaban J connectivity index is 1.74. The largest absolute Gasteiger partial charge is 0.493 e. The summed E-state index contributed by atoms with van der Waals surface area (Å²) < 4.78 is 17.7. The van der Waals surface area contributed by atoms with Gasteiger partial charge in [-0.2, -0.15) is 15.0 Å². The van der Waals surface area contributed by atoms with E-state index in [2.05, 4.69) is 10.2 Å². The number of thioether (sulfide) groups is 1. The topological polar surface area (TPSA) is 112 Å². The summed E-state index contributed by atoms with van der Waals surface area (Å²) in [6.45, 7) is 1.89. The first-order valence-electron chi connectivity index (χ1n) is 9.91. The van der Waals surface area contributed by atoms with Crippen molar-refractivity contribution >= 4 is 40.9 Å². The van der Waals surface area contributed by atoms with Crippen molar-refractivity contribution < 1.29 is 19.0 Å². The predicted molar refractivity (Wildman–Crippen MR) is 126 cm³/mol. The van der Waals surface area contributed by atoms with Gasteiger partial charge in [0, 0.05) is 5.75 Å². The Kier molecular flexibility index (Phi) is 7.07. The van der Waals surface area contributed by atoms with Crippen LogP contribution in [0.15, 0.2) is 51.5 Å². The highest BCUT2D eigenvalue weighted by Crippen LogP contribution is 2.32. The lowest BCUT2D eigenvalue weighted by molar-refractivity contribution is -0.137. The molecule has 0 amide bonds. The van der Waals surface area contributed by atoms with E-state index >= 15 is 0 Å². The van der Waals surface area contributed by atoms with Gasteiger partial charge in [-0.15, -0.1) is 21.5 Å². The average molecular weight is 482 g/mol. The molecular formula is C22H19N5O4S2. The van der Waals surface area contributed by atoms with Gasteiger partial charge in [-0.3, -0.25) is 0 Å². The molecule has 0 N–H and O–H groups in total. The number of carbonyl (C=O) groups is 1. The Morgan fingerprint density at radius 1 is 1.30 bits per heavy atom. The Labute approximate surface area is 198 Å². The van der Waals surface area contributed by atoms with E-state index in [-0.39, 0.29) is 13.2 Å². The molecule has 0 aliphatic carbocycles. The van der Waals surface area contributed by atoms with Crippen molar-refractivity contribution in [3.05, 3.63) is 46.8 Å². The van der Waals surface area contributed by atoms with Crippen LogP contribution in [0.4, 0.5) is 0 Å². The van der Waals surface area contributed by atoms with Gasteiger partial charge in [-0.05, 0) is 42.1 Å². The van der Waals surface area contributed by atoms with Gasteiger partial charge in [-0.1, -0.05) is 23.9 Å². The fourth-order valence-corrected chi connectivity index (χ4v) is 4.58. The molecule has 3 aromatic rings. The summed E-state index contributed by atoms with van der Waals surface area (Å²) in [7, 11) is 1.51. The van der Waals surface area contributed by atoms with Crippen LogP contribution in [0, 0.1) is 11.3 Å². The highest BCUT2D eigenvalue weighted by atomic mass is 32.2. The minimum Gasteiger partial charge on any atom is -0.493 e. The minimum atomic E-state index is -0.477. The molecule has 4 rings (SSSR count). The van der Waals surface area contributed by atoms with Crippen molar-refractivity contribution in [2.75, 3.05) is 26.1 Å². The number of ether oxygens (including phenoxy) is 3. The van der Waals surface area contributed by atoms with Gasteiger partial charge in [0.05, 0.1) is 29.9 Å². The molecule has 1 aliphatic heterocycles. The van der Waals surface area contributed by atoms with E-state index in [1.165, 1.54) is 30.2 Å². The molecule has 0 unspecified atom stereocenters. The standard InChI is InChI=1S/C22H19N5O4S2/c1-3-30-21(28)15(11-14-6-7-17(31-9-8-23)18(12-14)29-2)16-13-33-22-25-24-20(27(22)26-16)19-5-4-10-32-19/h4-7,10-12H,3,9,13H2,1-2H3/b15-11-. The van der Waals surface area contributed by atoms with Crippen molar-refractivity contribution in [3.8, 4) is 28.3 Å². The van der Waals surface area contributed by atoms with Crippen molar-refractivity contribution in [2.45, 2.75) is 12.1 Å². The molecule has 0 spiro atoms. The molecule has 0 fully saturated rings. The summed E-state index contributed by atoms with van der Waals surface area (Å²) in [5.41, 5.74) is 1.57. The van der Waals surface area contributed by atoms with Crippen LogP contribution in [0.3, 0.4) is 0 Å². The lowest BCUT2D eigenvalue weighted by Crippen LogP contribution is -2.21. The lowest BCUT2D eigenvalue weighted by atomic mass is 10.1. The second-order valence-electron chi connectivity index (χ2n) is 6.57. The third-order valence-corrected chi connectivity index (χ3v) is 6.31. The zero-order valence-electron chi connectivity index (χ0n) is 17.8. The highest BCUT2D eigenvalue weighted by molar-refractivity contribution is 7.99. The SMILES string of the molecule is CCOC(=O)/C(=C\c1ccc(OCC#N)c(OC)c1)C1=Nn2c(nnc2-c2cccs2)SC1. The van der Waals surface area contributed by atoms with Crippen LogP contribution in [0.25, 0.3) is 16.8 Å². The van der Waals surface area contributed by atoms with Crippen LogP contribution in [-0.2, 0) is 9.53 Å². The van der Waals surface area contributed by atoms with Crippen LogP contribution in [0.5, 0.6) is 11.5 Å². The molecule has 0 atom stereocenters. The molecule has 0 saturated heterocycles. The molecule has 0 saturated carbocycles. The molecule has 1 aromatic carbocycles. The first-order valence-corrected chi connectivity index (χ1v) is 11.8. The van der Waals surface area contributed by atoms with Crippen LogP contribution < -0.4 is 9.47 Å². The maximum atomic E-state index is 12.9. The number of fused-ring (bicyclic) bond motifs is 1. The van der Waals surface area contributed by atoms with E-state index in [1.807, 2.05) is 23.6 Å². The zero-order valence-corrected chi connectivity index (χ0v) is 19.5. The van der Waals surface area contributed by atoms with Crippen LogP contribution >= 0.6 is 23.1 Å². The summed E-state index contributed by atoms with van der Waals surface area (Å²) in [5, 5.41) is 24.5. The maximum Gasteiger partial charge on any atom is 0.340 e. The number of nitriles is 1. The van der Waals surface area contributed by atoms with Crippen molar-refractivity contribution in [1.29, 1.82) is 5.26 Å². The smallest absolute Gasteiger partial charge is 0.340 e. The van der Waals surface area contributed by atoms with E-state index in [0.29, 0.717) is 45.1 Å². The number of hydrogen-bond acceptors (Lipinski definition) is 10. The van der Waals surface area contributed by atoms with Gasteiger partial charge in [0.15, 0.2) is 23.9 Å². The quantitative estimate of drug-likeness (QED) is 0.352. The van der Waals surface area contributed by atoms with Gasteiger partial charge in [0.1, 0.15) is 6.07 Å². The Bertz CT molecular complexity index is 1260. The summed E-state index contributed by atoms with van der Waals surface area (Å²) in [5.74, 6) is 1.47. The molecule has 0 radical (unpaired) electrons. The second-order valence-corrected chi connectivity index (χ2v) is 8.46. The van der Waals surface area contributed by atoms with Gasteiger partial charge in [0.2, 0.25) is 5.16 Å². The van der Waals surface area contributed by atoms with Gasteiger partial charge in [0.25, 0.3) is 0 Å². The third kappa shape index (κ3) is 4.92. The van der Waals surface area contributed by atoms with E-state index in [1.54, 1.807) is 35.9 Å². The second kappa shape index (κ2) is 10.3. The highest BCUT2D eigenvalue weighted by Gasteiger charge is 2.26. The summed E-state index contributed by atoms with van der Waals surface area (Å²) >= 11 is 2.98. The number of benzene rings is 1. The van der Waals surface area contributed by atoms with E-state index in [4.69, 9.17) is 24.6 Å². The number of esters is 1. The lowest BCUT2D eigenvalue weighted by Gasteiger charge is -2.16. The van der Waals surface area contributed by atoms with Crippen molar-refractivity contribution in [3.63, 3.8) is 0 Å². The molecule has 168 valence electrons. The fourth-order valence-electron chi connectivity index (χ4n) is 3.06. The number of hydrogen-bond donors (Lipinski definition) is 0. The number of nitrogens with zero attached hydrogens (tertiary/aromatic N) is 5. The van der Waals surface area contributed by atoms with Gasteiger partial charge < -0.3 is 14.2 Å². The van der Waals surface area contributed by atoms with Crippen LogP contribution in [0.1, 0.15) is 12.5 Å². The average Bonchev–Trinajstić information content (AvgIpc) is 3.51. The van der Waals surface area contributed by atoms with Crippen molar-refractivity contribution in [2.24, 2.45) is 5.10 Å². The normalized spacial score (nSPS) is 13.0. The monoisotopic (exact) mass is 481 g/mol. The molecule has 9 nitrogen and oxygen atoms in total. The minimum absolute atomic E-state index is 0.0957. The Hall–Kier alpha value is -3.62. The Morgan fingerprint density at radius 3 is 2.91 bits per heavy atom. The van der Waals surface area contributed by atoms with Gasteiger partial charge in [-0.25, -0.2) is 4.79 Å². The zero-order chi connectivity index (χ0) is 23.2. The van der Waals surface area contributed by atoms with E-state index < -0.39 is 5.97 Å². The van der Waals surface area contributed by atoms with Crippen molar-refractivity contribution in [1.82, 2.24) is 14.9 Å². The summed E-state index contributed by atoms with van der Waals surface area (Å²) in [6, 6.07) is 11.0. The molecule has 33 heavy (non-hydrogen) atoms. The predicted octanol–water partition coefficient (Wildman–Crippen LogP) is 3.87. The number of carbonyl (C=O) groups excluding carboxylic acids is 1. The third-order valence-electron chi connectivity index (χ3n) is 4.51. The van der Waals surface area contributed by atoms with E-state index in [0.717, 1.165) is 4.88 Å². The summed E-state index contributed by atoms with van der Waals surface area (Å²) in [4.78, 5) is 13.8. The number of methoxy groups -OCH3 is 1. The van der Waals surface area contributed by atoms with Crippen LogP contribution in [0.2, 0.25) is 0 Å². The first-order chi connectivity index (χ1) is 16.1. The molecule has 3 heterocycles. The molecule has 11 heteroatoms.